The molecule has 24 heavy (non-hydrogen) atoms. The van der Waals surface area contributed by atoms with E-state index in [4.69, 9.17) is 14.2 Å². The third kappa shape index (κ3) is 4.25. The largest absolute Gasteiger partial charge is 0.493 e. The summed E-state index contributed by atoms with van der Waals surface area (Å²) in [7, 11) is 4.50. The third-order valence-corrected chi connectivity index (χ3v) is 3.35. The van der Waals surface area contributed by atoms with Crippen molar-refractivity contribution in [1.29, 1.82) is 0 Å². The van der Waals surface area contributed by atoms with Crippen molar-refractivity contribution in [3.05, 3.63) is 53.6 Å². The highest BCUT2D eigenvalue weighted by molar-refractivity contribution is 5.95. The minimum atomic E-state index is -0.362. The lowest BCUT2D eigenvalue weighted by molar-refractivity contribution is 0.0954. The van der Waals surface area contributed by atoms with E-state index in [2.05, 4.69) is 10.5 Å². The maximum atomic E-state index is 12.2. The molecule has 2 aromatic carbocycles. The summed E-state index contributed by atoms with van der Waals surface area (Å²) in [5.74, 6) is 0.897. The number of nitrogens with one attached hydrogen (secondary N) is 1. The second-order valence-corrected chi connectivity index (χ2v) is 4.86. The second-order valence-electron chi connectivity index (χ2n) is 4.86. The summed E-state index contributed by atoms with van der Waals surface area (Å²) >= 11 is 0. The average Bonchev–Trinajstić information content (AvgIpc) is 2.64. The Kier molecular flexibility index (Phi) is 6.19. The molecule has 0 saturated carbocycles. The van der Waals surface area contributed by atoms with Gasteiger partial charge < -0.3 is 14.2 Å². The van der Waals surface area contributed by atoms with Crippen LogP contribution >= 0.6 is 0 Å². The fourth-order valence-electron chi connectivity index (χ4n) is 2.15. The average molecular weight is 328 g/mol. The molecule has 0 bridgehead atoms. The molecule has 126 valence electrons. The smallest absolute Gasteiger partial charge is 0.271 e. The van der Waals surface area contributed by atoms with Crippen LogP contribution in [-0.4, -0.2) is 33.5 Å². The highest BCUT2D eigenvalue weighted by Crippen LogP contribution is 2.38. The summed E-state index contributed by atoms with van der Waals surface area (Å²) in [4.78, 5) is 12.2. The van der Waals surface area contributed by atoms with Crippen molar-refractivity contribution in [2.24, 2.45) is 5.10 Å². The number of nitrogens with zero attached hydrogens (tertiary/aromatic N) is 1. The SMILES string of the molecule is COc1cc(C(=O)N/N=C/Cc2ccccc2)cc(OC)c1OC. The number of carbonyl (C=O) groups excluding carboxylic acids is 1. The molecule has 0 fully saturated rings. The molecule has 0 aliphatic carbocycles. The summed E-state index contributed by atoms with van der Waals surface area (Å²) in [6.45, 7) is 0. The fraction of sp³-hybridized carbons (Fsp3) is 0.222. The zero-order valence-electron chi connectivity index (χ0n) is 13.9. The van der Waals surface area contributed by atoms with Gasteiger partial charge in [0.1, 0.15) is 0 Å². The first-order chi connectivity index (χ1) is 11.7. The van der Waals surface area contributed by atoms with E-state index in [1.165, 1.54) is 21.3 Å². The number of carbonyl (C=O) groups is 1. The Morgan fingerprint density at radius 2 is 1.67 bits per heavy atom. The maximum absolute atomic E-state index is 12.2. The third-order valence-electron chi connectivity index (χ3n) is 3.35. The molecule has 2 rings (SSSR count). The molecule has 0 saturated heterocycles. The van der Waals surface area contributed by atoms with Crippen LogP contribution in [0.1, 0.15) is 15.9 Å². The predicted molar refractivity (Wildman–Crippen MR) is 92.2 cm³/mol. The minimum absolute atomic E-state index is 0.362. The molecule has 1 amide bonds. The Morgan fingerprint density at radius 1 is 1.04 bits per heavy atom. The van der Waals surface area contributed by atoms with Crippen LogP contribution in [-0.2, 0) is 6.42 Å². The van der Waals surface area contributed by atoms with Crippen LogP contribution in [0.15, 0.2) is 47.6 Å². The summed E-state index contributed by atoms with van der Waals surface area (Å²) in [6, 6.07) is 13.0. The van der Waals surface area contributed by atoms with Crippen molar-refractivity contribution in [2.45, 2.75) is 6.42 Å². The fourth-order valence-corrected chi connectivity index (χ4v) is 2.15. The Bertz CT molecular complexity index is 689. The molecule has 0 atom stereocenters. The number of hydrazone groups is 1. The first kappa shape index (κ1) is 17.3. The molecule has 0 radical (unpaired) electrons. The van der Waals surface area contributed by atoms with Crippen molar-refractivity contribution in [1.82, 2.24) is 5.43 Å². The number of benzene rings is 2. The van der Waals surface area contributed by atoms with Gasteiger partial charge in [-0.1, -0.05) is 30.3 Å². The normalized spacial score (nSPS) is 10.5. The van der Waals surface area contributed by atoms with E-state index in [0.29, 0.717) is 29.2 Å². The zero-order chi connectivity index (χ0) is 17.4. The molecule has 6 nitrogen and oxygen atoms in total. The molecule has 0 heterocycles. The van der Waals surface area contributed by atoms with E-state index in [9.17, 15) is 4.79 Å². The van der Waals surface area contributed by atoms with Crippen LogP contribution in [0.25, 0.3) is 0 Å². The standard InChI is InChI=1S/C18H20N2O4/c1-22-15-11-14(12-16(23-2)17(15)24-3)18(21)20-19-10-9-13-7-5-4-6-8-13/h4-8,10-12H,9H2,1-3H3,(H,20,21)/b19-10+. The number of hydrogen-bond acceptors (Lipinski definition) is 5. The van der Waals surface area contributed by atoms with Gasteiger partial charge >= 0.3 is 0 Å². The second kappa shape index (κ2) is 8.57. The molecule has 0 aliphatic heterocycles. The number of hydrogen-bond donors (Lipinski definition) is 1. The molecular weight excluding hydrogens is 308 g/mol. The van der Waals surface area contributed by atoms with E-state index in [1.54, 1.807) is 18.3 Å². The van der Waals surface area contributed by atoms with Crippen LogP contribution in [0.4, 0.5) is 0 Å². The van der Waals surface area contributed by atoms with Crippen molar-refractivity contribution < 1.29 is 19.0 Å². The van der Waals surface area contributed by atoms with Gasteiger partial charge in [-0.05, 0) is 17.7 Å². The molecule has 1 N–H and O–H groups in total. The Labute approximate surface area is 141 Å². The van der Waals surface area contributed by atoms with Crippen molar-refractivity contribution in [2.75, 3.05) is 21.3 Å². The number of amides is 1. The van der Waals surface area contributed by atoms with Gasteiger partial charge in [-0.2, -0.15) is 5.10 Å². The molecular formula is C18H20N2O4. The van der Waals surface area contributed by atoms with Crippen LogP contribution in [0.3, 0.4) is 0 Å². The summed E-state index contributed by atoms with van der Waals surface area (Å²) < 4.78 is 15.7. The van der Waals surface area contributed by atoms with Gasteiger partial charge in [0.05, 0.1) is 21.3 Å². The van der Waals surface area contributed by atoms with E-state index in [0.717, 1.165) is 5.56 Å². The first-order valence-electron chi connectivity index (χ1n) is 7.35. The lowest BCUT2D eigenvalue weighted by Crippen LogP contribution is -2.18. The van der Waals surface area contributed by atoms with Gasteiger partial charge in [0.15, 0.2) is 11.5 Å². The Balaban J connectivity index is 2.06. The monoisotopic (exact) mass is 328 g/mol. The molecule has 0 aliphatic rings. The number of ether oxygens (including phenoxy) is 3. The number of methoxy groups -OCH3 is 3. The minimum Gasteiger partial charge on any atom is -0.493 e. The van der Waals surface area contributed by atoms with Gasteiger partial charge in [-0.3, -0.25) is 4.79 Å². The molecule has 0 unspecified atom stereocenters. The molecule has 0 aromatic heterocycles. The lowest BCUT2D eigenvalue weighted by atomic mass is 10.1. The van der Waals surface area contributed by atoms with Crippen molar-refractivity contribution >= 4 is 12.1 Å². The van der Waals surface area contributed by atoms with E-state index < -0.39 is 0 Å². The predicted octanol–water partition coefficient (Wildman–Crippen LogP) is 2.67. The van der Waals surface area contributed by atoms with Crippen molar-refractivity contribution in [3.63, 3.8) is 0 Å². The van der Waals surface area contributed by atoms with E-state index in [-0.39, 0.29) is 5.91 Å². The van der Waals surface area contributed by atoms with E-state index in [1.807, 2.05) is 30.3 Å². The zero-order valence-corrected chi connectivity index (χ0v) is 13.9. The topological polar surface area (TPSA) is 69.2 Å². The Morgan fingerprint density at radius 3 is 2.21 bits per heavy atom. The van der Waals surface area contributed by atoms with E-state index >= 15 is 0 Å². The maximum Gasteiger partial charge on any atom is 0.271 e. The van der Waals surface area contributed by atoms with Crippen molar-refractivity contribution in [3.8, 4) is 17.2 Å². The summed E-state index contributed by atoms with van der Waals surface area (Å²) in [5.41, 5.74) is 3.96. The molecule has 2 aromatic rings. The summed E-state index contributed by atoms with van der Waals surface area (Å²) in [5, 5.41) is 3.96. The highest BCUT2D eigenvalue weighted by atomic mass is 16.5. The first-order valence-corrected chi connectivity index (χ1v) is 7.35. The van der Waals surface area contributed by atoms with Gasteiger partial charge in [0.2, 0.25) is 5.75 Å². The van der Waals surface area contributed by atoms with Gasteiger partial charge in [-0.25, -0.2) is 5.43 Å². The van der Waals surface area contributed by atoms with Crippen LogP contribution in [0.5, 0.6) is 17.2 Å². The van der Waals surface area contributed by atoms with Crippen LogP contribution in [0, 0.1) is 0 Å². The lowest BCUT2D eigenvalue weighted by Gasteiger charge is -2.13. The van der Waals surface area contributed by atoms with Gasteiger partial charge in [0.25, 0.3) is 5.91 Å². The highest BCUT2D eigenvalue weighted by Gasteiger charge is 2.16. The quantitative estimate of drug-likeness (QED) is 0.627. The Hall–Kier alpha value is -3.02. The summed E-state index contributed by atoms with van der Waals surface area (Å²) in [6.07, 6.45) is 2.28. The van der Waals surface area contributed by atoms with Crippen LogP contribution in [0.2, 0.25) is 0 Å². The van der Waals surface area contributed by atoms with Crippen LogP contribution < -0.4 is 19.6 Å². The van der Waals surface area contributed by atoms with Gasteiger partial charge in [0, 0.05) is 18.2 Å². The number of rotatable bonds is 7. The van der Waals surface area contributed by atoms with Gasteiger partial charge in [-0.15, -0.1) is 0 Å². The molecule has 6 heteroatoms. The molecule has 0 spiro atoms.